The van der Waals surface area contributed by atoms with E-state index in [1.54, 1.807) is 0 Å². The summed E-state index contributed by atoms with van der Waals surface area (Å²) in [5.74, 6) is 0. The monoisotopic (exact) mass is 145 g/mol. The van der Waals surface area contributed by atoms with Gasteiger partial charge in [0.25, 0.3) is 0 Å². The first-order valence-corrected chi connectivity index (χ1v) is 2.56. The zero-order chi connectivity index (χ0) is 6.85. The fourth-order valence-corrected chi connectivity index (χ4v) is 0.557. The standard InChI is InChI=1S/C4H4ClN3O/c5-4-1-3(6)2-7-8(4)9/h1-2,6,9H. The van der Waals surface area contributed by atoms with Crippen LogP contribution in [-0.4, -0.2) is 15.2 Å². The summed E-state index contributed by atoms with van der Waals surface area (Å²) >= 11 is 5.34. The van der Waals surface area contributed by atoms with Crippen LogP contribution in [0.15, 0.2) is 12.3 Å². The Morgan fingerprint density at radius 1 is 1.78 bits per heavy atom. The Balaban J connectivity index is 3.34. The number of hydrogen-bond donors (Lipinski definition) is 2. The molecule has 0 atom stereocenters. The Labute approximate surface area is 55.8 Å². The minimum atomic E-state index is 0.0301. The molecular weight excluding hydrogens is 142 g/mol. The van der Waals surface area contributed by atoms with Crippen LogP contribution in [-0.2, 0) is 0 Å². The molecule has 0 fully saturated rings. The molecule has 0 amide bonds. The summed E-state index contributed by atoms with van der Waals surface area (Å²) in [5, 5.41) is 19.1. The molecule has 0 aromatic carbocycles. The molecule has 0 saturated heterocycles. The smallest absolute Gasteiger partial charge is 0.168 e. The highest BCUT2D eigenvalue weighted by atomic mass is 35.5. The van der Waals surface area contributed by atoms with E-state index in [4.69, 9.17) is 22.2 Å². The van der Waals surface area contributed by atoms with Crippen LogP contribution in [0.3, 0.4) is 0 Å². The highest BCUT2D eigenvalue weighted by molar-refractivity contribution is 6.29. The van der Waals surface area contributed by atoms with Crippen LogP contribution in [0.5, 0.6) is 0 Å². The molecule has 5 heteroatoms. The van der Waals surface area contributed by atoms with Gasteiger partial charge in [-0.1, -0.05) is 16.4 Å². The van der Waals surface area contributed by atoms with E-state index in [1.807, 2.05) is 0 Å². The molecule has 2 N–H and O–H groups in total. The minimum Gasteiger partial charge on any atom is -0.411 e. The van der Waals surface area contributed by atoms with Crippen molar-refractivity contribution >= 4 is 11.6 Å². The van der Waals surface area contributed by atoms with Crippen molar-refractivity contribution in [2.45, 2.75) is 0 Å². The minimum absolute atomic E-state index is 0.0301. The Morgan fingerprint density at radius 2 is 2.44 bits per heavy atom. The predicted octanol–water partition coefficient (Wildman–Crippen LogP) is 0.253. The fourth-order valence-electron chi connectivity index (χ4n) is 0.395. The summed E-state index contributed by atoms with van der Waals surface area (Å²) in [6.07, 6.45) is 1.19. The van der Waals surface area contributed by atoms with Crippen LogP contribution < -0.4 is 5.36 Å². The van der Waals surface area contributed by atoms with Crippen molar-refractivity contribution < 1.29 is 5.21 Å². The molecule has 48 valence electrons. The zero-order valence-corrected chi connectivity index (χ0v) is 5.13. The summed E-state index contributed by atoms with van der Waals surface area (Å²) < 4.78 is 0. The molecular formula is C4H4ClN3O. The van der Waals surface area contributed by atoms with E-state index in [-0.39, 0.29) is 10.5 Å². The Hall–Kier alpha value is -1.03. The first kappa shape index (κ1) is 6.10. The van der Waals surface area contributed by atoms with Gasteiger partial charge in [-0.25, -0.2) is 0 Å². The van der Waals surface area contributed by atoms with Crippen molar-refractivity contribution in [3.05, 3.63) is 22.8 Å². The van der Waals surface area contributed by atoms with Crippen LogP contribution in [0.25, 0.3) is 0 Å². The van der Waals surface area contributed by atoms with Crippen LogP contribution >= 0.6 is 11.6 Å². The lowest BCUT2D eigenvalue weighted by molar-refractivity contribution is 0.144. The summed E-state index contributed by atoms with van der Waals surface area (Å²) in [4.78, 5) is 0.500. The SMILES string of the molecule is N=c1cnn(O)c(Cl)c1. The maximum Gasteiger partial charge on any atom is 0.168 e. The maximum atomic E-state index is 8.63. The third kappa shape index (κ3) is 1.20. The normalized spacial score (nSPS) is 9.44. The van der Waals surface area contributed by atoms with Gasteiger partial charge in [0.1, 0.15) is 0 Å². The van der Waals surface area contributed by atoms with Crippen molar-refractivity contribution in [1.82, 2.24) is 9.94 Å². The average molecular weight is 146 g/mol. The van der Waals surface area contributed by atoms with E-state index >= 15 is 0 Å². The second-order valence-electron chi connectivity index (χ2n) is 1.46. The molecule has 0 aliphatic heterocycles. The van der Waals surface area contributed by atoms with Gasteiger partial charge in [-0.2, -0.15) is 0 Å². The lowest BCUT2D eigenvalue weighted by atomic mass is 10.6. The van der Waals surface area contributed by atoms with Gasteiger partial charge >= 0.3 is 0 Å². The third-order valence-corrected chi connectivity index (χ3v) is 1.03. The van der Waals surface area contributed by atoms with Crippen molar-refractivity contribution in [2.24, 2.45) is 0 Å². The molecule has 0 aliphatic rings. The van der Waals surface area contributed by atoms with Crippen molar-refractivity contribution in [3.63, 3.8) is 0 Å². The maximum absolute atomic E-state index is 8.63. The molecule has 9 heavy (non-hydrogen) atoms. The van der Waals surface area contributed by atoms with E-state index in [1.165, 1.54) is 12.3 Å². The number of hydrogen-bond acceptors (Lipinski definition) is 3. The van der Waals surface area contributed by atoms with Crippen LogP contribution in [0.1, 0.15) is 0 Å². The average Bonchev–Trinajstić information content (AvgIpc) is 1.80. The van der Waals surface area contributed by atoms with Crippen LogP contribution in [0.2, 0.25) is 5.15 Å². The van der Waals surface area contributed by atoms with E-state index in [9.17, 15) is 0 Å². The van der Waals surface area contributed by atoms with Crippen molar-refractivity contribution in [1.29, 1.82) is 5.41 Å². The van der Waals surface area contributed by atoms with Gasteiger partial charge in [-0.15, -0.1) is 5.10 Å². The lowest BCUT2D eigenvalue weighted by Gasteiger charge is -1.94. The molecule has 0 unspecified atom stereocenters. The quantitative estimate of drug-likeness (QED) is 0.514. The third-order valence-electron chi connectivity index (χ3n) is 0.772. The molecule has 0 saturated carbocycles. The first-order valence-electron chi connectivity index (χ1n) is 2.19. The zero-order valence-electron chi connectivity index (χ0n) is 4.37. The second kappa shape index (κ2) is 2.06. The second-order valence-corrected chi connectivity index (χ2v) is 1.84. The van der Waals surface area contributed by atoms with Gasteiger partial charge in [0.15, 0.2) is 5.15 Å². The number of nitrogens with zero attached hydrogens (tertiary/aromatic N) is 2. The van der Waals surface area contributed by atoms with Gasteiger partial charge < -0.3 is 5.21 Å². The van der Waals surface area contributed by atoms with Gasteiger partial charge in [0, 0.05) is 6.07 Å². The predicted molar refractivity (Wildman–Crippen MR) is 30.3 cm³/mol. The Kier molecular flexibility index (Phi) is 1.40. The molecule has 1 rings (SSSR count). The largest absolute Gasteiger partial charge is 0.411 e. The Morgan fingerprint density at radius 3 is 2.89 bits per heavy atom. The van der Waals surface area contributed by atoms with Gasteiger partial charge in [0.05, 0.1) is 11.6 Å². The van der Waals surface area contributed by atoms with Crippen molar-refractivity contribution in [3.8, 4) is 0 Å². The van der Waals surface area contributed by atoms with Crippen LogP contribution in [0.4, 0.5) is 0 Å². The van der Waals surface area contributed by atoms with E-state index < -0.39 is 0 Å². The van der Waals surface area contributed by atoms with Gasteiger partial charge in [-0.05, 0) is 0 Å². The molecule has 1 aromatic heterocycles. The molecule has 0 radical (unpaired) electrons. The van der Waals surface area contributed by atoms with Gasteiger partial charge in [-0.3, -0.25) is 5.41 Å². The molecule has 0 bridgehead atoms. The van der Waals surface area contributed by atoms with Gasteiger partial charge in [0.2, 0.25) is 0 Å². The molecule has 1 heterocycles. The highest BCUT2D eigenvalue weighted by Gasteiger charge is 1.90. The van der Waals surface area contributed by atoms with E-state index in [0.29, 0.717) is 4.85 Å². The summed E-state index contributed by atoms with van der Waals surface area (Å²) in [6, 6.07) is 1.29. The summed E-state index contributed by atoms with van der Waals surface area (Å²) in [5.41, 5.74) is 0. The van der Waals surface area contributed by atoms with Crippen molar-refractivity contribution in [2.75, 3.05) is 0 Å². The molecule has 4 nitrogen and oxygen atoms in total. The fraction of sp³-hybridized carbons (Fsp3) is 0. The number of rotatable bonds is 0. The molecule has 0 spiro atoms. The first-order chi connectivity index (χ1) is 4.20. The summed E-state index contributed by atoms with van der Waals surface area (Å²) in [7, 11) is 0. The molecule has 0 aliphatic carbocycles. The highest BCUT2D eigenvalue weighted by Crippen LogP contribution is 1.97. The topological polar surface area (TPSA) is 61.9 Å². The molecule has 1 aromatic rings. The number of nitrogens with one attached hydrogen (secondary N) is 1. The summed E-state index contributed by atoms with van der Waals surface area (Å²) in [6.45, 7) is 0. The number of aromatic nitrogens is 2. The van der Waals surface area contributed by atoms with Crippen LogP contribution in [0, 0.1) is 5.41 Å². The lowest BCUT2D eigenvalue weighted by Crippen LogP contribution is -2.07. The van der Waals surface area contributed by atoms with E-state index in [2.05, 4.69) is 5.10 Å². The van der Waals surface area contributed by atoms with E-state index in [0.717, 1.165) is 0 Å². The Bertz CT molecular complexity index is 269. The number of halogens is 1.